The van der Waals surface area contributed by atoms with E-state index in [1.165, 1.54) is 17.5 Å². The number of aromatic carboxylic acids is 1. The molecule has 1 aromatic heterocycles. The molecule has 1 aliphatic carbocycles. The number of carbonyl (C=O) groups is 1. The molecule has 2 aromatic rings. The summed E-state index contributed by atoms with van der Waals surface area (Å²) in [6.07, 6.45) is 4.95. The summed E-state index contributed by atoms with van der Waals surface area (Å²) < 4.78 is 0. The number of hydrogen-bond donors (Lipinski definition) is 2. The average Bonchev–Trinajstić information content (AvgIpc) is 2.77. The normalized spacial score (nSPS) is 14.4. The Morgan fingerprint density at radius 2 is 2.00 bits per heavy atom. The highest BCUT2D eigenvalue weighted by Gasteiger charge is 2.16. The minimum Gasteiger partial charge on any atom is -0.478 e. The molecule has 0 radical (unpaired) electrons. The van der Waals surface area contributed by atoms with Crippen LogP contribution in [0.3, 0.4) is 0 Å². The van der Waals surface area contributed by atoms with Gasteiger partial charge in [-0.3, -0.25) is 0 Å². The van der Waals surface area contributed by atoms with Crippen LogP contribution in [0.4, 0.5) is 0 Å². The van der Waals surface area contributed by atoms with E-state index >= 15 is 0 Å². The van der Waals surface area contributed by atoms with Crippen molar-refractivity contribution in [3.8, 4) is 0 Å². The first kappa shape index (κ1) is 8.53. The second kappa shape index (κ2) is 2.86. The van der Waals surface area contributed by atoms with Crippen LogP contribution in [-0.2, 0) is 12.8 Å². The topological polar surface area (TPSA) is 53.1 Å². The second-order valence-electron chi connectivity index (χ2n) is 4.03. The fourth-order valence-corrected chi connectivity index (χ4v) is 2.37. The molecule has 0 atom stereocenters. The van der Waals surface area contributed by atoms with Crippen LogP contribution in [0.15, 0.2) is 18.3 Å². The van der Waals surface area contributed by atoms with Gasteiger partial charge in [0.05, 0.1) is 5.56 Å². The Morgan fingerprint density at radius 3 is 2.73 bits per heavy atom. The fraction of sp³-hybridized carbons (Fsp3) is 0.250. The van der Waals surface area contributed by atoms with E-state index in [9.17, 15) is 4.79 Å². The Bertz CT molecular complexity index is 554. The van der Waals surface area contributed by atoms with Gasteiger partial charge in [-0.2, -0.15) is 0 Å². The lowest BCUT2D eigenvalue weighted by Crippen LogP contribution is -1.94. The number of fused-ring (bicyclic) bond motifs is 2. The minimum absolute atomic E-state index is 0.375. The van der Waals surface area contributed by atoms with Crippen molar-refractivity contribution in [2.75, 3.05) is 0 Å². The Labute approximate surface area is 86.7 Å². The summed E-state index contributed by atoms with van der Waals surface area (Å²) in [5.41, 5.74) is 3.98. The number of rotatable bonds is 1. The third kappa shape index (κ3) is 1.16. The van der Waals surface area contributed by atoms with Crippen LogP contribution in [0.25, 0.3) is 10.9 Å². The Balaban J connectivity index is 2.31. The van der Waals surface area contributed by atoms with Crippen molar-refractivity contribution in [2.45, 2.75) is 19.3 Å². The number of aromatic amines is 1. The number of carboxylic acids is 1. The highest BCUT2D eigenvalue weighted by molar-refractivity contribution is 6.03. The van der Waals surface area contributed by atoms with Crippen molar-refractivity contribution in [1.82, 2.24) is 4.98 Å². The summed E-state index contributed by atoms with van der Waals surface area (Å²) >= 11 is 0. The maximum Gasteiger partial charge on any atom is 0.337 e. The van der Waals surface area contributed by atoms with Gasteiger partial charge in [-0.1, -0.05) is 0 Å². The molecule has 3 nitrogen and oxygen atoms in total. The summed E-state index contributed by atoms with van der Waals surface area (Å²) in [7, 11) is 0. The van der Waals surface area contributed by atoms with Gasteiger partial charge in [0, 0.05) is 17.1 Å². The molecule has 3 rings (SSSR count). The van der Waals surface area contributed by atoms with Crippen LogP contribution in [-0.4, -0.2) is 16.1 Å². The van der Waals surface area contributed by atoms with E-state index < -0.39 is 5.97 Å². The second-order valence-corrected chi connectivity index (χ2v) is 4.03. The van der Waals surface area contributed by atoms with Crippen LogP contribution in [0.5, 0.6) is 0 Å². The van der Waals surface area contributed by atoms with Gasteiger partial charge < -0.3 is 10.1 Å². The Kier molecular flexibility index (Phi) is 1.63. The molecule has 0 amide bonds. The molecule has 0 bridgehead atoms. The molecule has 0 spiro atoms. The van der Waals surface area contributed by atoms with E-state index in [-0.39, 0.29) is 0 Å². The van der Waals surface area contributed by atoms with Crippen LogP contribution < -0.4 is 0 Å². The van der Waals surface area contributed by atoms with Crippen molar-refractivity contribution in [3.05, 3.63) is 35.0 Å². The summed E-state index contributed by atoms with van der Waals surface area (Å²) in [4.78, 5) is 14.0. The zero-order valence-electron chi connectivity index (χ0n) is 8.21. The number of hydrogen-bond acceptors (Lipinski definition) is 1. The molecular weight excluding hydrogens is 190 g/mol. The van der Waals surface area contributed by atoms with Gasteiger partial charge in [-0.05, 0) is 42.5 Å². The van der Waals surface area contributed by atoms with Crippen molar-refractivity contribution in [3.63, 3.8) is 0 Å². The summed E-state index contributed by atoms with van der Waals surface area (Å²) in [5, 5.41) is 9.84. The van der Waals surface area contributed by atoms with Crippen LogP contribution >= 0.6 is 0 Å². The van der Waals surface area contributed by atoms with Gasteiger partial charge >= 0.3 is 5.97 Å². The van der Waals surface area contributed by atoms with E-state index in [1.807, 2.05) is 6.07 Å². The third-order valence-corrected chi connectivity index (χ3v) is 3.12. The number of H-pyrrole nitrogens is 1. The van der Waals surface area contributed by atoms with Gasteiger partial charge in [0.2, 0.25) is 0 Å². The summed E-state index contributed by atoms with van der Waals surface area (Å²) in [6.45, 7) is 0. The first-order valence-corrected chi connectivity index (χ1v) is 5.12. The lowest BCUT2D eigenvalue weighted by Gasteiger charge is -1.99. The molecular formula is C12H11NO2. The fourth-order valence-electron chi connectivity index (χ4n) is 2.37. The zero-order chi connectivity index (χ0) is 10.4. The molecule has 2 N–H and O–H groups in total. The Hall–Kier alpha value is -1.77. The van der Waals surface area contributed by atoms with Gasteiger partial charge in [-0.25, -0.2) is 4.79 Å². The predicted molar refractivity (Wildman–Crippen MR) is 57.3 cm³/mol. The van der Waals surface area contributed by atoms with Gasteiger partial charge in [0.25, 0.3) is 0 Å². The molecule has 76 valence electrons. The van der Waals surface area contributed by atoms with Crippen LogP contribution in [0.1, 0.15) is 27.9 Å². The predicted octanol–water partition coefficient (Wildman–Crippen LogP) is 2.35. The number of aromatic nitrogens is 1. The van der Waals surface area contributed by atoms with Gasteiger partial charge in [-0.15, -0.1) is 0 Å². The molecule has 1 aromatic carbocycles. The number of carboxylic acid groups (broad SMARTS) is 1. The van der Waals surface area contributed by atoms with Crippen molar-refractivity contribution in [1.29, 1.82) is 0 Å². The molecule has 3 heteroatoms. The third-order valence-electron chi connectivity index (χ3n) is 3.12. The highest BCUT2D eigenvalue weighted by atomic mass is 16.4. The first-order chi connectivity index (χ1) is 7.25. The smallest absolute Gasteiger partial charge is 0.337 e. The molecule has 1 aliphatic rings. The number of aryl methyl sites for hydroxylation is 2. The van der Waals surface area contributed by atoms with Crippen molar-refractivity contribution < 1.29 is 9.90 Å². The molecule has 0 unspecified atom stereocenters. The van der Waals surface area contributed by atoms with E-state index in [2.05, 4.69) is 11.1 Å². The SMILES string of the molecule is O=C(O)c1c[nH]c2cc3c(cc12)CCC3. The first-order valence-electron chi connectivity index (χ1n) is 5.12. The largest absolute Gasteiger partial charge is 0.478 e. The molecule has 0 saturated heterocycles. The molecule has 0 fully saturated rings. The maximum absolute atomic E-state index is 11.0. The van der Waals surface area contributed by atoms with E-state index in [4.69, 9.17) is 5.11 Å². The Morgan fingerprint density at radius 1 is 1.27 bits per heavy atom. The minimum atomic E-state index is -0.862. The highest BCUT2D eigenvalue weighted by Crippen LogP contribution is 2.28. The summed E-state index contributed by atoms with van der Waals surface area (Å²) in [6, 6.07) is 4.11. The average molecular weight is 201 g/mol. The van der Waals surface area contributed by atoms with E-state index in [0.717, 1.165) is 23.7 Å². The van der Waals surface area contributed by atoms with Crippen molar-refractivity contribution in [2.24, 2.45) is 0 Å². The van der Waals surface area contributed by atoms with E-state index in [1.54, 1.807) is 6.20 Å². The number of benzene rings is 1. The standard InChI is InChI=1S/C12H11NO2/c14-12(15)10-6-13-11-5-8-3-1-2-7(8)4-9(10)11/h4-6,13H,1-3H2,(H,14,15). The molecule has 15 heavy (non-hydrogen) atoms. The van der Waals surface area contributed by atoms with Crippen LogP contribution in [0.2, 0.25) is 0 Å². The monoisotopic (exact) mass is 201 g/mol. The molecule has 1 heterocycles. The quantitative estimate of drug-likeness (QED) is 0.744. The number of nitrogens with one attached hydrogen (secondary N) is 1. The van der Waals surface area contributed by atoms with Crippen molar-refractivity contribution >= 4 is 16.9 Å². The van der Waals surface area contributed by atoms with Gasteiger partial charge in [0.15, 0.2) is 0 Å². The lowest BCUT2D eigenvalue weighted by atomic mass is 10.1. The van der Waals surface area contributed by atoms with Gasteiger partial charge in [0.1, 0.15) is 0 Å². The maximum atomic E-state index is 11.0. The van der Waals surface area contributed by atoms with E-state index in [0.29, 0.717) is 5.56 Å². The summed E-state index contributed by atoms with van der Waals surface area (Å²) in [5.74, 6) is -0.862. The zero-order valence-corrected chi connectivity index (χ0v) is 8.21. The molecule has 0 saturated carbocycles. The lowest BCUT2D eigenvalue weighted by molar-refractivity contribution is 0.0699. The van der Waals surface area contributed by atoms with Crippen LogP contribution in [0, 0.1) is 0 Å². The molecule has 0 aliphatic heterocycles.